The van der Waals surface area contributed by atoms with E-state index >= 15 is 0 Å². The lowest BCUT2D eigenvalue weighted by Gasteiger charge is -2.45. The number of hydrogen-bond acceptors (Lipinski definition) is 0. The molecule has 5 rings (SSSR count). The number of halogens is 1. The summed E-state index contributed by atoms with van der Waals surface area (Å²) < 4.78 is 13.4. The molecule has 0 nitrogen and oxygen atoms in total. The van der Waals surface area contributed by atoms with Crippen LogP contribution < -0.4 is 0 Å². The number of allylic oxidation sites excluding steroid dienone is 1. The predicted octanol–water partition coefficient (Wildman–Crippen LogP) is 8.27. The molecule has 3 aliphatic rings. The number of benzene rings is 2. The van der Waals surface area contributed by atoms with E-state index in [0.29, 0.717) is 5.92 Å². The summed E-state index contributed by atoms with van der Waals surface area (Å²) >= 11 is 0. The van der Waals surface area contributed by atoms with Crippen molar-refractivity contribution in [1.29, 1.82) is 0 Å². The van der Waals surface area contributed by atoms with Gasteiger partial charge in [-0.05, 0) is 128 Å². The predicted molar refractivity (Wildman–Crippen MR) is 120 cm³/mol. The molecule has 3 saturated carbocycles. The SMILES string of the molecule is C=CC1CCC2CC(C3CCC(c4ccc5cc(F)ccc5c4)CC3)CCC2C1. The highest BCUT2D eigenvalue weighted by Gasteiger charge is 2.38. The van der Waals surface area contributed by atoms with Crippen molar-refractivity contribution in [2.75, 3.05) is 0 Å². The second-order valence-electron chi connectivity index (χ2n) is 10.3. The minimum absolute atomic E-state index is 0.140. The third-order valence-corrected chi connectivity index (χ3v) is 8.76. The Morgan fingerprint density at radius 1 is 0.690 bits per heavy atom. The molecule has 0 aliphatic heterocycles. The van der Waals surface area contributed by atoms with Crippen LogP contribution in [0.1, 0.15) is 75.7 Å². The molecule has 0 N–H and O–H groups in total. The molecule has 0 saturated heterocycles. The highest BCUT2D eigenvalue weighted by molar-refractivity contribution is 5.83. The number of rotatable bonds is 3. The summed E-state index contributed by atoms with van der Waals surface area (Å²) in [5.74, 6) is 5.28. The van der Waals surface area contributed by atoms with Crippen molar-refractivity contribution >= 4 is 10.8 Å². The summed E-state index contributed by atoms with van der Waals surface area (Å²) in [6.07, 6.45) is 16.4. The van der Waals surface area contributed by atoms with Crippen LogP contribution in [0.25, 0.3) is 10.8 Å². The van der Waals surface area contributed by atoms with Gasteiger partial charge in [-0.15, -0.1) is 6.58 Å². The van der Waals surface area contributed by atoms with E-state index in [0.717, 1.165) is 35.0 Å². The van der Waals surface area contributed by atoms with Crippen LogP contribution >= 0.6 is 0 Å². The molecule has 0 spiro atoms. The van der Waals surface area contributed by atoms with Crippen LogP contribution in [0.4, 0.5) is 4.39 Å². The first kappa shape index (κ1) is 19.3. The molecule has 1 heteroatoms. The van der Waals surface area contributed by atoms with Crippen molar-refractivity contribution < 1.29 is 4.39 Å². The van der Waals surface area contributed by atoms with Crippen molar-refractivity contribution in [3.8, 4) is 0 Å². The maximum absolute atomic E-state index is 13.4. The number of hydrogen-bond donors (Lipinski definition) is 0. The average Bonchev–Trinajstić information content (AvgIpc) is 2.78. The summed E-state index contributed by atoms with van der Waals surface area (Å²) in [5.41, 5.74) is 1.47. The molecule has 154 valence electrons. The molecule has 4 unspecified atom stereocenters. The molecule has 0 amide bonds. The highest BCUT2D eigenvalue weighted by atomic mass is 19.1. The first-order valence-electron chi connectivity index (χ1n) is 12.0. The van der Waals surface area contributed by atoms with Gasteiger partial charge in [0.2, 0.25) is 0 Å². The zero-order valence-corrected chi connectivity index (χ0v) is 17.7. The third-order valence-electron chi connectivity index (χ3n) is 8.76. The molecule has 2 aromatic rings. The van der Waals surface area contributed by atoms with Gasteiger partial charge in [0, 0.05) is 0 Å². The van der Waals surface area contributed by atoms with Gasteiger partial charge in [-0.1, -0.05) is 30.3 Å². The van der Waals surface area contributed by atoms with Gasteiger partial charge in [-0.25, -0.2) is 4.39 Å². The van der Waals surface area contributed by atoms with Gasteiger partial charge < -0.3 is 0 Å². The van der Waals surface area contributed by atoms with E-state index in [4.69, 9.17) is 0 Å². The van der Waals surface area contributed by atoms with E-state index in [-0.39, 0.29) is 5.82 Å². The summed E-state index contributed by atoms with van der Waals surface area (Å²) in [5, 5.41) is 2.20. The van der Waals surface area contributed by atoms with E-state index in [1.807, 2.05) is 6.07 Å². The van der Waals surface area contributed by atoms with Crippen molar-refractivity contribution in [3.05, 3.63) is 60.4 Å². The molecular weight excluding hydrogens is 355 g/mol. The lowest BCUT2D eigenvalue weighted by atomic mass is 9.61. The molecule has 0 heterocycles. The van der Waals surface area contributed by atoms with Crippen LogP contribution in [0.2, 0.25) is 0 Å². The van der Waals surface area contributed by atoms with Crippen LogP contribution in [0, 0.1) is 35.4 Å². The summed E-state index contributed by atoms with van der Waals surface area (Å²) in [6.45, 7) is 4.05. The molecule has 2 aromatic carbocycles. The van der Waals surface area contributed by atoms with Gasteiger partial charge in [0.1, 0.15) is 5.82 Å². The summed E-state index contributed by atoms with van der Waals surface area (Å²) in [7, 11) is 0. The standard InChI is InChI=1S/C28H35F/c1-2-19-3-4-25-16-23(10-9-22(25)15-19)20-5-7-21(8-6-20)24-11-12-27-18-28(29)14-13-26(27)17-24/h2,11-14,17-23,25H,1,3-10,15-16H2. The maximum atomic E-state index is 13.4. The normalized spacial score (nSPS) is 35.2. The van der Waals surface area contributed by atoms with Crippen LogP contribution in [0.5, 0.6) is 0 Å². The highest BCUT2D eigenvalue weighted by Crippen LogP contribution is 2.50. The Labute approximate surface area is 175 Å². The zero-order chi connectivity index (χ0) is 19.8. The molecule has 3 aliphatic carbocycles. The van der Waals surface area contributed by atoms with Crippen molar-refractivity contribution in [2.24, 2.45) is 29.6 Å². The Hall–Kier alpha value is -1.63. The Morgan fingerprint density at radius 2 is 1.31 bits per heavy atom. The lowest BCUT2D eigenvalue weighted by molar-refractivity contribution is 0.0719. The van der Waals surface area contributed by atoms with Crippen LogP contribution in [0.3, 0.4) is 0 Å². The topological polar surface area (TPSA) is 0 Å². The Morgan fingerprint density at radius 3 is 2.10 bits per heavy atom. The van der Waals surface area contributed by atoms with Gasteiger partial charge in [0.15, 0.2) is 0 Å². The maximum Gasteiger partial charge on any atom is 0.123 e. The van der Waals surface area contributed by atoms with E-state index in [2.05, 4.69) is 30.9 Å². The van der Waals surface area contributed by atoms with Gasteiger partial charge in [0.25, 0.3) is 0 Å². The molecule has 29 heavy (non-hydrogen) atoms. The third kappa shape index (κ3) is 4.03. The lowest BCUT2D eigenvalue weighted by Crippen LogP contribution is -2.34. The second-order valence-corrected chi connectivity index (χ2v) is 10.3. The van der Waals surface area contributed by atoms with E-state index in [1.54, 1.807) is 12.1 Å². The fourth-order valence-corrected chi connectivity index (χ4v) is 7.02. The summed E-state index contributed by atoms with van der Waals surface area (Å²) in [4.78, 5) is 0. The Bertz CT molecular complexity index is 860. The first-order chi connectivity index (χ1) is 14.2. The molecule has 0 bridgehead atoms. The Kier molecular flexibility index (Phi) is 5.50. The second kappa shape index (κ2) is 8.25. The van der Waals surface area contributed by atoms with Crippen molar-refractivity contribution in [3.63, 3.8) is 0 Å². The average molecular weight is 391 g/mol. The van der Waals surface area contributed by atoms with Crippen LogP contribution in [-0.2, 0) is 0 Å². The largest absolute Gasteiger partial charge is 0.207 e. The minimum Gasteiger partial charge on any atom is -0.207 e. The molecule has 0 radical (unpaired) electrons. The van der Waals surface area contributed by atoms with Gasteiger partial charge >= 0.3 is 0 Å². The van der Waals surface area contributed by atoms with Crippen LogP contribution in [0.15, 0.2) is 49.1 Å². The van der Waals surface area contributed by atoms with E-state index in [9.17, 15) is 4.39 Å². The van der Waals surface area contributed by atoms with Gasteiger partial charge in [0.05, 0.1) is 0 Å². The first-order valence-corrected chi connectivity index (χ1v) is 12.0. The zero-order valence-electron chi connectivity index (χ0n) is 17.7. The van der Waals surface area contributed by atoms with E-state index < -0.39 is 0 Å². The van der Waals surface area contributed by atoms with Crippen LogP contribution in [-0.4, -0.2) is 0 Å². The van der Waals surface area contributed by atoms with Gasteiger partial charge in [-0.2, -0.15) is 0 Å². The quantitative estimate of drug-likeness (QED) is 0.463. The van der Waals surface area contributed by atoms with Crippen molar-refractivity contribution in [1.82, 2.24) is 0 Å². The summed E-state index contributed by atoms with van der Waals surface area (Å²) in [6, 6.07) is 11.8. The fourth-order valence-electron chi connectivity index (χ4n) is 7.02. The van der Waals surface area contributed by atoms with Crippen molar-refractivity contribution in [2.45, 2.75) is 70.1 Å². The molecule has 3 fully saturated rings. The smallest absolute Gasteiger partial charge is 0.123 e. The fraction of sp³-hybridized carbons (Fsp3) is 0.571. The molecular formula is C28H35F. The van der Waals surface area contributed by atoms with E-state index in [1.165, 1.54) is 75.2 Å². The molecule has 0 aromatic heterocycles. The minimum atomic E-state index is -0.140. The monoisotopic (exact) mass is 390 g/mol. The number of fused-ring (bicyclic) bond motifs is 2. The molecule has 4 atom stereocenters. The Balaban J connectivity index is 1.19. The van der Waals surface area contributed by atoms with Gasteiger partial charge in [-0.3, -0.25) is 0 Å².